The topological polar surface area (TPSA) is 55.1 Å². The van der Waals surface area contributed by atoms with Gasteiger partial charge in [0.1, 0.15) is 0 Å². The Balaban J connectivity index is 2.07. The van der Waals surface area contributed by atoms with E-state index in [1.54, 1.807) is 0 Å². The Morgan fingerprint density at radius 1 is 1.19 bits per heavy atom. The van der Waals surface area contributed by atoms with Crippen LogP contribution < -0.4 is 11.1 Å². The van der Waals surface area contributed by atoms with Crippen LogP contribution >= 0.6 is 15.9 Å². The molecule has 0 saturated heterocycles. The van der Waals surface area contributed by atoms with Crippen LogP contribution in [0.5, 0.6) is 0 Å². The lowest BCUT2D eigenvalue weighted by atomic mass is 9.94. The summed E-state index contributed by atoms with van der Waals surface area (Å²) in [6, 6.07) is 15.1. The molecule has 3 N–H and O–H groups in total. The Morgan fingerprint density at radius 2 is 1.86 bits per heavy atom. The van der Waals surface area contributed by atoms with Crippen LogP contribution in [-0.2, 0) is 4.79 Å². The van der Waals surface area contributed by atoms with Crippen LogP contribution in [0.25, 0.3) is 0 Å². The van der Waals surface area contributed by atoms with Gasteiger partial charge in [0.25, 0.3) is 0 Å². The molecule has 2 aromatic rings. The molecule has 2 aromatic carbocycles. The number of aryl methyl sites for hydroxylation is 1. The number of hydrogen-bond donors (Lipinski definition) is 2. The van der Waals surface area contributed by atoms with Gasteiger partial charge in [0, 0.05) is 16.2 Å². The molecule has 21 heavy (non-hydrogen) atoms. The molecule has 0 aliphatic heterocycles. The van der Waals surface area contributed by atoms with Gasteiger partial charge in [-0.3, -0.25) is 4.79 Å². The molecule has 2 unspecified atom stereocenters. The summed E-state index contributed by atoms with van der Waals surface area (Å²) in [5.41, 5.74) is 9.04. The molecule has 0 aliphatic rings. The van der Waals surface area contributed by atoms with Crippen LogP contribution in [0.2, 0.25) is 0 Å². The molecule has 0 saturated carbocycles. The van der Waals surface area contributed by atoms with Gasteiger partial charge in [-0.05, 0) is 30.2 Å². The first kappa shape index (κ1) is 15.7. The Hall–Kier alpha value is -1.65. The Morgan fingerprint density at radius 3 is 2.48 bits per heavy atom. The van der Waals surface area contributed by atoms with E-state index in [9.17, 15) is 4.79 Å². The lowest BCUT2D eigenvalue weighted by Gasteiger charge is -2.20. The largest absolute Gasteiger partial charge is 0.326 e. The fraction of sp³-hybridized carbons (Fsp3) is 0.235. The number of rotatable bonds is 4. The van der Waals surface area contributed by atoms with Crippen molar-refractivity contribution < 1.29 is 4.79 Å². The van der Waals surface area contributed by atoms with Gasteiger partial charge in [0.2, 0.25) is 5.91 Å². The first-order chi connectivity index (χ1) is 9.99. The normalized spacial score (nSPS) is 13.5. The third kappa shape index (κ3) is 3.93. The number of hydrogen-bond acceptors (Lipinski definition) is 2. The molecule has 2 atom stereocenters. The molecular weight excluding hydrogens is 328 g/mol. The SMILES string of the molecule is Cc1ccc(NC(=O)C(C)C(N)c2ccccc2)cc1Br. The summed E-state index contributed by atoms with van der Waals surface area (Å²) in [6.45, 7) is 3.85. The fourth-order valence-corrected chi connectivity index (χ4v) is 2.43. The van der Waals surface area contributed by atoms with Crippen molar-refractivity contribution in [3.05, 3.63) is 64.1 Å². The van der Waals surface area contributed by atoms with Crippen LogP contribution in [0.3, 0.4) is 0 Å². The van der Waals surface area contributed by atoms with E-state index in [-0.39, 0.29) is 17.9 Å². The summed E-state index contributed by atoms with van der Waals surface area (Å²) in [5, 5.41) is 2.91. The lowest BCUT2D eigenvalue weighted by Crippen LogP contribution is -2.30. The van der Waals surface area contributed by atoms with Gasteiger partial charge in [-0.2, -0.15) is 0 Å². The van der Waals surface area contributed by atoms with E-state index in [2.05, 4.69) is 21.2 Å². The van der Waals surface area contributed by atoms with E-state index in [1.165, 1.54) is 0 Å². The summed E-state index contributed by atoms with van der Waals surface area (Å²) in [6.07, 6.45) is 0. The first-order valence-electron chi connectivity index (χ1n) is 6.86. The fourth-order valence-electron chi connectivity index (χ4n) is 2.05. The predicted molar refractivity (Wildman–Crippen MR) is 90.0 cm³/mol. The number of carbonyl (C=O) groups is 1. The van der Waals surface area contributed by atoms with E-state index >= 15 is 0 Å². The zero-order valence-corrected chi connectivity index (χ0v) is 13.7. The zero-order chi connectivity index (χ0) is 15.4. The number of nitrogens with one attached hydrogen (secondary N) is 1. The van der Waals surface area contributed by atoms with Crippen molar-refractivity contribution in [2.75, 3.05) is 5.32 Å². The summed E-state index contributed by atoms with van der Waals surface area (Å²) in [7, 11) is 0. The second-order valence-corrected chi connectivity index (χ2v) is 6.03. The number of benzene rings is 2. The Bertz CT molecular complexity index is 628. The molecule has 0 bridgehead atoms. The predicted octanol–water partition coefficient (Wildman–Crippen LogP) is 4.03. The molecule has 0 heterocycles. The van der Waals surface area contributed by atoms with Crippen LogP contribution in [0.1, 0.15) is 24.1 Å². The van der Waals surface area contributed by atoms with Crippen molar-refractivity contribution in [1.29, 1.82) is 0 Å². The molecule has 110 valence electrons. The van der Waals surface area contributed by atoms with E-state index in [0.29, 0.717) is 0 Å². The Kier molecular flexibility index (Phi) is 5.15. The smallest absolute Gasteiger partial charge is 0.229 e. The molecule has 0 spiro atoms. The quantitative estimate of drug-likeness (QED) is 0.877. The van der Waals surface area contributed by atoms with Gasteiger partial charge >= 0.3 is 0 Å². The third-order valence-electron chi connectivity index (χ3n) is 3.58. The van der Waals surface area contributed by atoms with Crippen molar-refractivity contribution in [2.24, 2.45) is 11.7 Å². The van der Waals surface area contributed by atoms with Crippen LogP contribution in [0, 0.1) is 12.8 Å². The highest BCUT2D eigenvalue weighted by Crippen LogP contribution is 2.23. The number of amides is 1. The van der Waals surface area contributed by atoms with Crippen molar-refractivity contribution in [2.45, 2.75) is 19.9 Å². The molecule has 0 radical (unpaired) electrons. The maximum absolute atomic E-state index is 12.3. The standard InChI is InChI=1S/C17H19BrN2O/c1-11-8-9-14(10-15(11)18)20-17(21)12(2)16(19)13-6-4-3-5-7-13/h3-10,12,16H,19H2,1-2H3,(H,20,21). The van der Waals surface area contributed by atoms with E-state index in [1.807, 2.05) is 62.4 Å². The maximum Gasteiger partial charge on any atom is 0.229 e. The summed E-state index contributed by atoms with van der Waals surface area (Å²) in [4.78, 5) is 12.3. The van der Waals surface area contributed by atoms with Gasteiger partial charge in [-0.15, -0.1) is 0 Å². The van der Waals surface area contributed by atoms with Gasteiger partial charge in [0.15, 0.2) is 0 Å². The Labute approximate surface area is 133 Å². The highest BCUT2D eigenvalue weighted by Gasteiger charge is 2.22. The van der Waals surface area contributed by atoms with Crippen LogP contribution in [0.15, 0.2) is 53.0 Å². The number of nitrogens with two attached hydrogens (primary N) is 1. The second-order valence-electron chi connectivity index (χ2n) is 5.18. The molecule has 1 amide bonds. The number of carbonyl (C=O) groups excluding carboxylic acids is 1. The minimum absolute atomic E-state index is 0.0814. The molecule has 0 aromatic heterocycles. The van der Waals surface area contributed by atoms with Gasteiger partial charge < -0.3 is 11.1 Å². The summed E-state index contributed by atoms with van der Waals surface area (Å²) < 4.78 is 0.973. The average Bonchev–Trinajstić information content (AvgIpc) is 2.50. The van der Waals surface area contributed by atoms with Crippen molar-refractivity contribution in [1.82, 2.24) is 0 Å². The lowest BCUT2D eigenvalue weighted by molar-refractivity contribution is -0.120. The third-order valence-corrected chi connectivity index (χ3v) is 4.43. The van der Waals surface area contributed by atoms with Crippen molar-refractivity contribution in [3.8, 4) is 0 Å². The van der Waals surface area contributed by atoms with E-state index < -0.39 is 0 Å². The van der Waals surface area contributed by atoms with Crippen LogP contribution in [-0.4, -0.2) is 5.91 Å². The van der Waals surface area contributed by atoms with Gasteiger partial charge in [0.05, 0.1) is 5.92 Å². The summed E-state index contributed by atoms with van der Waals surface area (Å²) >= 11 is 3.46. The first-order valence-corrected chi connectivity index (χ1v) is 7.66. The van der Waals surface area contributed by atoms with Gasteiger partial charge in [-0.25, -0.2) is 0 Å². The molecular formula is C17H19BrN2O. The average molecular weight is 347 g/mol. The monoisotopic (exact) mass is 346 g/mol. The van der Waals surface area contributed by atoms with Crippen LogP contribution in [0.4, 0.5) is 5.69 Å². The highest BCUT2D eigenvalue weighted by atomic mass is 79.9. The molecule has 2 rings (SSSR count). The van der Waals surface area contributed by atoms with Crippen molar-refractivity contribution >= 4 is 27.5 Å². The van der Waals surface area contributed by atoms with E-state index in [4.69, 9.17) is 5.73 Å². The number of anilines is 1. The minimum Gasteiger partial charge on any atom is -0.326 e. The van der Waals surface area contributed by atoms with E-state index in [0.717, 1.165) is 21.3 Å². The summed E-state index contributed by atoms with van der Waals surface area (Å²) in [5.74, 6) is -0.394. The second kappa shape index (κ2) is 6.87. The van der Waals surface area contributed by atoms with Gasteiger partial charge in [-0.1, -0.05) is 59.3 Å². The molecule has 3 nitrogen and oxygen atoms in total. The van der Waals surface area contributed by atoms with Crippen molar-refractivity contribution in [3.63, 3.8) is 0 Å². The maximum atomic E-state index is 12.3. The molecule has 4 heteroatoms. The molecule has 0 aliphatic carbocycles. The zero-order valence-electron chi connectivity index (χ0n) is 12.1. The molecule has 0 fully saturated rings. The number of halogens is 1. The minimum atomic E-state index is -0.319. The highest BCUT2D eigenvalue weighted by molar-refractivity contribution is 9.10.